The minimum absolute atomic E-state index is 0.0608. The van der Waals surface area contributed by atoms with Gasteiger partial charge in [0.25, 0.3) is 0 Å². The van der Waals surface area contributed by atoms with Gasteiger partial charge in [-0.05, 0) is 50.3 Å². The van der Waals surface area contributed by atoms with Crippen LogP contribution < -0.4 is 16.4 Å². The molecule has 4 rings (SSSR count). The van der Waals surface area contributed by atoms with Gasteiger partial charge in [-0.3, -0.25) is 14.5 Å². The Morgan fingerprint density at radius 3 is 2.48 bits per heavy atom. The number of carbonyl (C=O) groups is 2. The minimum atomic E-state index is -0.610. The van der Waals surface area contributed by atoms with Gasteiger partial charge in [0, 0.05) is 31.1 Å². The largest absolute Gasteiger partial charge is 0.354 e. The first-order valence-corrected chi connectivity index (χ1v) is 12.0. The summed E-state index contributed by atoms with van der Waals surface area (Å²) in [6, 6.07) is 17.8. The van der Waals surface area contributed by atoms with Gasteiger partial charge in [0.2, 0.25) is 11.8 Å². The summed E-state index contributed by atoms with van der Waals surface area (Å²) in [6.07, 6.45) is 1.74. The van der Waals surface area contributed by atoms with Crippen LogP contribution in [0.15, 0.2) is 54.6 Å². The average Bonchev–Trinajstić information content (AvgIpc) is 3.14. The first kappa shape index (κ1) is 23.5. The second kappa shape index (κ2) is 9.65. The smallest absolute Gasteiger partial charge is 0.237 e. The van der Waals surface area contributed by atoms with E-state index in [2.05, 4.69) is 39.8 Å². The zero-order valence-corrected chi connectivity index (χ0v) is 19.9. The SMILES string of the molecule is CC(C)NC(=O)[C@@H]1CN(Cc2ccccc2)C[C@]12CCc1ccccc1[C@@H]2NC(=O)[C@@H](C)N. The number of nitrogens with zero attached hydrogens (tertiary/aromatic N) is 1. The Labute approximate surface area is 196 Å². The fraction of sp³-hybridized carbons (Fsp3) is 0.481. The summed E-state index contributed by atoms with van der Waals surface area (Å²) in [4.78, 5) is 28.7. The monoisotopic (exact) mass is 448 g/mol. The molecule has 2 aromatic rings. The van der Waals surface area contributed by atoms with Crippen molar-refractivity contribution < 1.29 is 9.59 Å². The number of carbonyl (C=O) groups excluding carboxylic acids is 2. The molecule has 6 nitrogen and oxygen atoms in total. The number of likely N-dealkylation sites (tertiary alicyclic amines) is 1. The van der Waals surface area contributed by atoms with Gasteiger partial charge in [-0.15, -0.1) is 0 Å². The molecule has 1 fully saturated rings. The van der Waals surface area contributed by atoms with Crippen molar-refractivity contribution in [3.63, 3.8) is 0 Å². The molecule has 4 atom stereocenters. The van der Waals surface area contributed by atoms with E-state index >= 15 is 0 Å². The average molecular weight is 449 g/mol. The molecule has 4 N–H and O–H groups in total. The third kappa shape index (κ3) is 4.82. The van der Waals surface area contributed by atoms with Gasteiger partial charge in [-0.25, -0.2) is 0 Å². The van der Waals surface area contributed by atoms with Crippen LogP contribution in [0.3, 0.4) is 0 Å². The summed E-state index contributed by atoms with van der Waals surface area (Å²) < 4.78 is 0. The van der Waals surface area contributed by atoms with Crippen molar-refractivity contribution in [2.45, 2.75) is 58.3 Å². The third-order valence-electron chi connectivity index (χ3n) is 7.15. The summed E-state index contributed by atoms with van der Waals surface area (Å²) >= 11 is 0. The van der Waals surface area contributed by atoms with Crippen LogP contribution in [-0.4, -0.2) is 41.9 Å². The molecule has 1 heterocycles. The van der Waals surface area contributed by atoms with E-state index in [9.17, 15) is 9.59 Å². The van der Waals surface area contributed by atoms with Gasteiger partial charge >= 0.3 is 0 Å². The molecule has 1 aliphatic heterocycles. The van der Waals surface area contributed by atoms with E-state index in [-0.39, 0.29) is 29.8 Å². The molecule has 1 aliphatic carbocycles. The quantitative estimate of drug-likeness (QED) is 0.634. The molecule has 2 amide bonds. The van der Waals surface area contributed by atoms with Crippen LogP contribution in [0.2, 0.25) is 0 Å². The topological polar surface area (TPSA) is 87.5 Å². The molecule has 2 aromatic carbocycles. The lowest BCUT2D eigenvalue weighted by atomic mass is 9.62. The van der Waals surface area contributed by atoms with Crippen molar-refractivity contribution in [2.75, 3.05) is 13.1 Å². The Morgan fingerprint density at radius 1 is 1.09 bits per heavy atom. The minimum Gasteiger partial charge on any atom is -0.354 e. The van der Waals surface area contributed by atoms with Gasteiger partial charge in [-0.1, -0.05) is 54.6 Å². The summed E-state index contributed by atoms with van der Waals surface area (Å²) in [7, 11) is 0. The number of nitrogens with two attached hydrogens (primary N) is 1. The molecule has 2 aliphatic rings. The lowest BCUT2D eigenvalue weighted by molar-refractivity contribution is -0.131. The number of amides is 2. The molecule has 176 valence electrons. The van der Waals surface area contributed by atoms with Gasteiger partial charge < -0.3 is 16.4 Å². The Hall–Kier alpha value is -2.70. The van der Waals surface area contributed by atoms with Crippen molar-refractivity contribution in [1.82, 2.24) is 15.5 Å². The van der Waals surface area contributed by atoms with Gasteiger partial charge in [-0.2, -0.15) is 0 Å². The number of benzene rings is 2. The maximum Gasteiger partial charge on any atom is 0.237 e. The zero-order chi connectivity index (χ0) is 23.6. The highest BCUT2D eigenvalue weighted by Crippen LogP contribution is 2.53. The first-order chi connectivity index (χ1) is 15.8. The first-order valence-electron chi connectivity index (χ1n) is 12.0. The maximum atomic E-state index is 13.5. The second-order valence-corrected chi connectivity index (χ2v) is 10.0. The molecular formula is C27H36N4O2. The Bertz CT molecular complexity index is 991. The second-order valence-electron chi connectivity index (χ2n) is 10.0. The normalized spacial score (nSPS) is 25.6. The molecule has 0 bridgehead atoms. The molecular weight excluding hydrogens is 412 g/mol. The van der Waals surface area contributed by atoms with Crippen LogP contribution in [0.5, 0.6) is 0 Å². The van der Waals surface area contributed by atoms with Crippen LogP contribution in [0, 0.1) is 11.3 Å². The predicted octanol–water partition coefficient (Wildman–Crippen LogP) is 2.78. The number of rotatable bonds is 6. The number of nitrogens with one attached hydrogen (secondary N) is 2. The van der Waals surface area contributed by atoms with E-state index in [1.54, 1.807) is 6.92 Å². The molecule has 6 heteroatoms. The maximum absolute atomic E-state index is 13.5. The standard InChI is InChI=1S/C27H36N4O2/c1-18(2)29-26(33)23-16-31(15-20-9-5-4-6-10-20)17-27(23)14-13-21-11-7-8-12-22(21)24(27)30-25(32)19(3)28/h4-12,18-19,23-24H,13-17,28H2,1-3H3,(H,29,33)(H,30,32)/t19-,23+,24+,27-/m1/s1. The lowest BCUT2D eigenvalue weighted by Gasteiger charge is -2.46. The van der Waals surface area contributed by atoms with Gasteiger partial charge in [0.1, 0.15) is 0 Å². The van der Waals surface area contributed by atoms with Crippen molar-refractivity contribution in [3.8, 4) is 0 Å². The molecule has 0 aromatic heterocycles. The van der Waals surface area contributed by atoms with E-state index in [0.29, 0.717) is 6.54 Å². The van der Waals surface area contributed by atoms with Crippen LogP contribution >= 0.6 is 0 Å². The Kier molecular flexibility index (Phi) is 6.86. The molecule has 0 saturated carbocycles. The highest BCUT2D eigenvalue weighted by molar-refractivity contribution is 5.83. The molecule has 1 saturated heterocycles. The molecule has 0 radical (unpaired) electrons. The van der Waals surface area contributed by atoms with Crippen molar-refractivity contribution >= 4 is 11.8 Å². The number of hydrogen-bond acceptors (Lipinski definition) is 4. The van der Waals surface area contributed by atoms with Crippen LogP contribution in [0.1, 0.15) is 49.9 Å². The predicted molar refractivity (Wildman–Crippen MR) is 130 cm³/mol. The Morgan fingerprint density at radius 2 is 1.79 bits per heavy atom. The third-order valence-corrected chi connectivity index (χ3v) is 7.15. The summed E-state index contributed by atoms with van der Waals surface area (Å²) in [5, 5.41) is 6.42. The van der Waals surface area contributed by atoms with E-state index in [0.717, 1.165) is 31.5 Å². The van der Waals surface area contributed by atoms with E-state index in [1.165, 1.54) is 11.1 Å². The van der Waals surface area contributed by atoms with Gasteiger partial charge in [0.05, 0.1) is 18.0 Å². The lowest BCUT2D eigenvalue weighted by Crippen LogP contribution is -2.54. The molecule has 1 spiro atoms. The summed E-state index contributed by atoms with van der Waals surface area (Å²) in [6.45, 7) is 7.88. The summed E-state index contributed by atoms with van der Waals surface area (Å²) in [5.41, 5.74) is 9.13. The Balaban J connectivity index is 1.74. The van der Waals surface area contributed by atoms with Crippen molar-refractivity contribution in [2.24, 2.45) is 17.1 Å². The number of hydrogen-bond donors (Lipinski definition) is 3. The van der Waals surface area contributed by atoms with Crippen molar-refractivity contribution in [3.05, 3.63) is 71.3 Å². The number of aryl methyl sites for hydroxylation is 1. The van der Waals surface area contributed by atoms with E-state index < -0.39 is 11.5 Å². The molecule has 0 unspecified atom stereocenters. The van der Waals surface area contributed by atoms with Crippen LogP contribution in [-0.2, 0) is 22.6 Å². The van der Waals surface area contributed by atoms with E-state index in [4.69, 9.17) is 5.73 Å². The van der Waals surface area contributed by atoms with Gasteiger partial charge in [0.15, 0.2) is 0 Å². The molecule has 33 heavy (non-hydrogen) atoms. The van der Waals surface area contributed by atoms with Crippen molar-refractivity contribution in [1.29, 1.82) is 0 Å². The number of fused-ring (bicyclic) bond motifs is 1. The highest BCUT2D eigenvalue weighted by Gasteiger charge is 2.56. The van der Waals surface area contributed by atoms with E-state index in [1.807, 2.05) is 44.2 Å². The highest BCUT2D eigenvalue weighted by atomic mass is 16.2. The van der Waals surface area contributed by atoms with Crippen LogP contribution in [0.25, 0.3) is 0 Å². The summed E-state index contributed by atoms with van der Waals surface area (Å²) in [5.74, 6) is -0.337. The van der Waals surface area contributed by atoms with Crippen LogP contribution in [0.4, 0.5) is 0 Å². The fourth-order valence-corrected chi connectivity index (χ4v) is 5.63. The fourth-order valence-electron chi connectivity index (χ4n) is 5.63. The zero-order valence-electron chi connectivity index (χ0n) is 19.9.